The van der Waals surface area contributed by atoms with Crippen LogP contribution in [0.1, 0.15) is 81.0 Å². The van der Waals surface area contributed by atoms with Gasteiger partial charge in [0.1, 0.15) is 16.4 Å². The molecular formula is C26H31N5O4S. The number of aryl methyl sites for hydroxylation is 2. The number of nitrogen functional groups attached to an aromatic ring is 1. The molecule has 1 aromatic carbocycles. The zero-order valence-corrected chi connectivity index (χ0v) is 21.5. The summed E-state index contributed by atoms with van der Waals surface area (Å²) in [5.41, 5.74) is 13.6. The van der Waals surface area contributed by atoms with Gasteiger partial charge in [-0.1, -0.05) is 31.4 Å². The predicted octanol–water partition coefficient (Wildman–Crippen LogP) is 4.18. The number of carbonyl (C=O) groups excluding carboxylic acids is 3. The number of rotatable bonds is 7. The van der Waals surface area contributed by atoms with Crippen LogP contribution in [-0.4, -0.2) is 28.1 Å². The van der Waals surface area contributed by atoms with Crippen LogP contribution in [0.3, 0.4) is 0 Å². The van der Waals surface area contributed by atoms with Gasteiger partial charge in [0, 0.05) is 11.7 Å². The molecule has 1 saturated carbocycles. The van der Waals surface area contributed by atoms with E-state index in [2.05, 4.69) is 9.69 Å². The van der Waals surface area contributed by atoms with Gasteiger partial charge in [-0.25, -0.2) is 0 Å². The van der Waals surface area contributed by atoms with Crippen molar-refractivity contribution in [2.45, 2.75) is 65.0 Å². The Balaban J connectivity index is 1.86. The molecule has 36 heavy (non-hydrogen) atoms. The lowest BCUT2D eigenvalue weighted by Gasteiger charge is -2.33. The lowest BCUT2D eigenvalue weighted by atomic mass is 9.95. The number of amides is 3. The van der Waals surface area contributed by atoms with Gasteiger partial charge < -0.3 is 21.2 Å². The van der Waals surface area contributed by atoms with Crippen molar-refractivity contribution in [2.75, 3.05) is 10.6 Å². The third-order valence-corrected chi connectivity index (χ3v) is 7.55. The number of primary amides is 1. The summed E-state index contributed by atoms with van der Waals surface area (Å²) in [6.45, 7) is 5.60. The van der Waals surface area contributed by atoms with Crippen LogP contribution in [0.15, 0.2) is 34.7 Å². The Hall–Kier alpha value is -3.66. The van der Waals surface area contributed by atoms with Crippen LogP contribution in [0.4, 0.5) is 11.4 Å². The van der Waals surface area contributed by atoms with E-state index in [1.54, 1.807) is 25.1 Å². The number of carbonyl (C=O) groups is 3. The minimum atomic E-state index is -1.10. The molecule has 0 radical (unpaired) electrons. The van der Waals surface area contributed by atoms with Crippen LogP contribution < -0.4 is 21.7 Å². The number of aromatic nitrogens is 1. The van der Waals surface area contributed by atoms with E-state index in [4.69, 9.17) is 15.9 Å². The fourth-order valence-corrected chi connectivity index (χ4v) is 5.34. The first-order valence-corrected chi connectivity index (χ1v) is 12.8. The van der Waals surface area contributed by atoms with E-state index < -0.39 is 17.9 Å². The number of nitrogens with one attached hydrogen (secondary N) is 1. The van der Waals surface area contributed by atoms with Crippen molar-refractivity contribution < 1.29 is 18.8 Å². The van der Waals surface area contributed by atoms with E-state index >= 15 is 0 Å². The maximum Gasteiger partial charge on any atom is 0.273 e. The Kier molecular flexibility index (Phi) is 7.44. The summed E-state index contributed by atoms with van der Waals surface area (Å²) in [4.78, 5) is 41.2. The number of anilines is 2. The van der Waals surface area contributed by atoms with Gasteiger partial charge in [-0.3, -0.25) is 19.3 Å². The summed E-state index contributed by atoms with van der Waals surface area (Å²) in [5.74, 6) is -0.794. The third kappa shape index (κ3) is 4.99. The molecule has 5 N–H and O–H groups in total. The van der Waals surface area contributed by atoms with Crippen molar-refractivity contribution in [3.63, 3.8) is 0 Å². The molecule has 0 aliphatic heterocycles. The van der Waals surface area contributed by atoms with Gasteiger partial charge in [0.25, 0.3) is 17.7 Å². The van der Waals surface area contributed by atoms with Crippen LogP contribution in [-0.2, 0) is 4.79 Å². The predicted molar refractivity (Wildman–Crippen MR) is 139 cm³/mol. The molecule has 3 amide bonds. The summed E-state index contributed by atoms with van der Waals surface area (Å²) in [5, 5.41) is 3.14. The van der Waals surface area contributed by atoms with Crippen LogP contribution >= 0.6 is 11.5 Å². The Morgan fingerprint density at radius 3 is 2.44 bits per heavy atom. The highest BCUT2D eigenvalue weighted by atomic mass is 32.1. The minimum absolute atomic E-state index is 0.0234. The van der Waals surface area contributed by atoms with Gasteiger partial charge in [0.2, 0.25) is 0 Å². The molecule has 1 fully saturated rings. The molecule has 0 saturated heterocycles. The molecule has 1 atom stereocenters. The molecule has 0 unspecified atom stereocenters. The molecular weight excluding hydrogens is 478 g/mol. The maximum absolute atomic E-state index is 14.1. The Morgan fingerprint density at radius 1 is 1.11 bits per heavy atom. The summed E-state index contributed by atoms with van der Waals surface area (Å²) in [6.07, 6.45) is 5.01. The molecule has 3 aromatic rings. The van der Waals surface area contributed by atoms with E-state index in [0.29, 0.717) is 17.2 Å². The SMILES string of the molecule is Cc1ccc([C@@H](C(=O)NC2CCCCC2)N(C(=O)c2snc(C(N)=O)c2N)c2cccc(C)c2C)o1. The lowest BCUT2D eigenvalue weighted by Crippen LogP contribution is -2.47. The Bertz CT molecular complexity index is 1290. The number of furan rings is 1. The van der Waals surface area contributed by atoms with Gasteiger partial charge in [-0.2, -0.15) is 4.37 Å². The Morgan fingerprint density at radius 2 is 1.83 bits per heavy atom. The Labute approximate surface area is 214 Å². The van der Waals surface area contributed by atoms with Crippen LogP contribution in [0.25, 0.3) is 0 Å². The first kappa shape index (κ1) is 25.4. The van der Waals surface area contributed by atoms with Gasteiger partial charge in [-0.15, -0.1) is 0 Å². The summed E-state index contributed by atoms with van der Waals surface area (Å²) < 4.78 is 9.91. The molecule has 1 aliphatic rings. The lowest BCUT2D eigenvalue weighted by molar-refractivity contribution is -0.123. The highest BCUT2D eigenvalue weighted by Gasteiger charge is 2.39. The molecule has 10 heteroatoms. The second-order valence-corrected chi connectivity index (χ2v) is 10.0. The summed E-state index contributed by atoms with van der Waals surface area (Å²) in [6, 6.07) is 7.92. The second-order valence-electron chi connectivity index (χ2n) is 9.23. The zero-order chi connectivity index (χ0) is 26.0. The maximum atomic E-state index is 14.1. The highest BCUT2D eigenvalue weighted by molar-refractivity contribution is 7.09. The average Bonchev–Trinajstić information content (AvgIpc) is 3.45. The van der Waals surface area contributed by atoms with Crippen molar-refractivity contribution in [1.29, 1.82) is 0 Å². The standard InChI is InChI=1S/C26H31N5O4S/c1-14-8-7-11-18(16(14)3)31(26(34)23-20(27)21(24(28)32)30-36-23)22(19-13-12-15(2)35-19)25(33)29-17-9-5-4-6-10-17/h7-8,11-13,17,22H,4-6,9-10,27H2,1-3H3,(H2,28,32)(H,29,33)/t22-/m0/s1. The fourth-order valence-electron chi connectivity index (χ4n) is 4.60. The van der Waals surface area contributed by atoms with Crippen molar-refractivity contribution >= 4 is 40.6 Å². The van der Waals surface area contributed by atoms with Crippen molar-refractivity contribution in [3.8, 4) is 0 Å². The number of benzene rings is 1. The van der Waals surface area contributed by atoms with E-state index in [1.165, 1.54) is 4.90 Å². The van der Waals surface area contributed by atoms with Crippen LogP contribution in [0.5, 0.6) is 0 Å². The first-order valence-electron chi connectivity index (χ1n) is 12.0. The molecule has 2 heterocycles. The van der Waals surface area contributed by atoms with E-state index in [1.807, 2.05) is 26.0 Å². The number of nitrogens with two attached hydrogens (primary N) is 2. The largest absolute Gasteiger partial charge is 0.464 e. The van der Waals surface area contributed by atoms with Gasteiger partial charge in [0.15, 0.2) is 11.7 Å². The zero-order valence-electron chi connectivity index (χ0n) is 20.7. The van der Waals surface area contributed by atoms with Crippen molar-refractivity contribution in [1.82, 2.24) is 9.69 Å². The molecule has 2 aromatic heterocycles. The van der Waals surface area contributed by atoms with Gasteiger partial charge >= 0.3 is 0 Å². The topological polar surface area (TPSA) is 145 Å². The van der Waals surface area contributed by atoms with Crippen molar-refractivity contribution in [3.05, 3.63) is 63.6 Å². The molecule has 4 rings (SSSR count). The number of hydrogen-bond donors (Lipinski definition) is 3. The number of nitrogens with zero attached hydrogens (tertiary/aromatic N) is 2. The van der Waals surface area contributed by atoms with Gasteiger partial charge in [0.05, 0.1) is 5.69 Å². The van der Waals surface area contributed by atoms with Crippen LogP contribution in [0.2, 0.25) is 0 Å². The fraction of sp³-hybridized carbons (Fsp3) is 0.385. The smallest absolute Gasteiger partial charge is 0.273 e. The molecule has 190 valence electrons. The normalized spacial score (nSPS) is 14.9. The molecule has 1 aliphatic carbocycles. The van der Waals surface area contributed by atoms with E-state index in [-0.39, 0.29) is 28.2 Å². The molecule has 9 nitrogen and oxygen atoms in total. The first-order chi connectivity index (χ1) is 17.2. The van der Waals surface area contributed by atoms with Crippen molar-refractivity contribution in [2.24, 2.45) is 5.73 Å². The average molecular weight is 510 g/mol. The summed E-state index contributed by atoms with van der Waals surface area (Å²) >= 11 is 0.781. The quantitative estimate of drug-likeness (QED) is 0.436. The van der Waals surface area contributed by atoms with E-state index in [0.717, 1.165) is 54.8 Å². The molecule has 0 bridgehead atoms. The highest BCUT2D eigenvalue weighted by Crippen LogP contribution is 2.36. The van der Waals surface area contributed by atoms with E-state index in [9.17, 15) is 14.4 Å². The second kappa shape index (κ2) is 10.5. The number of hydrogen-bond acceptors (Lipinski definition) is 7. The minimum Gasteiger partial charge on any atom is -0.464 e. The monoisotopic (exact) mass is 509 g/mol. The third-order valence-electron chi connectivity index (χ3n) is 6.70. The molecule has 0 spiro atoms. The van der Waals surface area contributed by atoms with Crippen LogP contribution in [0, 0.1) is 20.8 Å². The summed E-state index contributed by atoms with van der Waals surface area (Å²) in [7, 11) is 0. The van der Waals surface area contributed by atoms with Gasteiger partial charge in [-0.05, 0) is 74.5 Å².